The SMILES string of the molecule is Cc1ccc(C2CN(C(=O)c3ccco3)CC2CN2CCCCC2)cc1. The van der Waals surface area contributed by atoms with Gasteiger partial charge >= 0.3 is 0 Å². The Labute approximate surface area is 155 Å². The topological polar surface area (TPSA) is 36.7 Å². The van der Waals surface area contributed by atoms with Crippen molar-refractivity contribution < 1.29 is 9.21 Å². The van der Waals surface area contributed by atoms with Crippen LogP contribution in [0.4, 0.5) is 0 Å². The van der Waals surface area contributed by atoms with E-state index in [2.05, 4.69) is 36.1 Å². The summed E-state index contributed by atoms with van der Waals surface area (Å²) >= 11 is 0. The molecule has 0 saturated carbocycles. The molecule has 1 aromatic carbocycles. The molecule has 2 aliphatic rings. The lowest BCUT2D eigenvalue weighted by molar-refractivity contribution is 0.0750. The first kappa shape index (κ1) is 17.3. The Kier molecular flexibility index (Phi) is 5.11. The molecule has 4 nitrogen and oxygen atoms in total. The lowest BCUT2D eigenvalue weighted by Gasteiger charge is -2.31. The fourth-order valence-electron chi connectivity index (χ4n) is 4.44. The number of carbonyl (C=O) groups excluding carboxylic acids is 1. The van der Waals surface area contributed by atoms with Crippen LogP contribution >= 0.6 is 0 Å². The first-order valence-electron chi connectivity index (χ1n) is 9.82. The summed E-state index contributed by atoms with van der Waals surface area (Å²) in [6, 6.07) is 12.4. The van der Waals surface area contributed by atoms with Gasteiger partial charge in [0, 0.05) is 25.6 Å². The van der Waals surface area contributed by atoms with Gasteiger partial charge in [-0.2, -0.15) is 0 Å². The molecule has 2 unspecified atom stereocenters. The predicted octanol–water partition coefficient (Wildman–Crippen LogP) is 3.93. The van der Waals surface area contributed by atoms with Gasteiger partial charge in [-0.1, -0.05) is 36.2 Å². The van der Waals surface area contributed by atoms with Gasteiger partial charge in [0.2, 0.25) is 0 Å². The zero-order chi connectivity index (χ0) is 17.9. The number of amides is 1. The fourth-order valence-corrected chi connectivity index (χ4v) is 4.44. The lowest BCUT2D eigenvalue weighted by atomic mass is 9.88. The molecule has 1 aromatic heterocycles. The second-order valence-electron chi connectivity index (χ2n) is 7.83. The van der Waals surface area contributed by atoms with E-state index in [0.29, 0.717) is 17.6 Å². The number of hydrogen-bond donors (Lipinski definition) is 0. The molecular weight excluding hydrogens is 324 g/mol. The fraction of sp³-hybridized carbons (Fsp3) is 0.500. The zero-order valence-corrected chi connectivity index (χ0v) is 15.6. The smallest absolute Gasteiger partial charge is 0.289 e. The van der Waals surface area contributed by atoms with Crippen LogP contribution in [0.2, 0.25) is 0 Å². The van der Waals surface area contributed by atoms with E-state index in [1.165, 1.54) is 43.5 Å². The van der Waals surface area contributed by atoms with E-state index >= 15 is 0 Å². The second-order valence-corrected chi connectivity index (χ2v) is 7.83. The number of hydrogen-bond acceptors (Lipinski definition) is 3. The molecule has 0 radical (unpaired) electrons. The number of furan rings is 1. The number of carbonyl (C=O) groups is 1. The van der Waals surface area contributed by atoms with Gasteiger partial charge < -0.3 is 14.2 Å². The van der Waals surface area contributed by atoms with Gasteiger partial charge in [0.25, 0.3) is 5.91 Å². The maximum atomic E-state index is 12.8. The van der Waals surface area contributed by atoms with Gasteiger partial charge in [-0.25, -0.2) is 0 Å². The summed E-state index contributed by atoms with van der Waals surface area (Å²) in [6.07, 6.45) is 5.53. The molecular formula is C22H28N2O2. The number of rotatable bonds is 4. The molecule has 2 saturated heterocycles. The zero-order valence-electron chi connectivity index (χ0n) is 15.6. The van der Waals surface area contributed by atoms with Gasteiger partial charge in [-0.3, -0.25) is 4.79 Å². The third kappa shape index (κ3) is 3.70. The minimum atomic E-state index is 0.0215. The molecule has 2 aromatic rings. The van der Waals surface area contributed by atoms with Crippen LogP contribution in [0.3, 0.4) is 0 Å². The van der Waals surface area contributed by atoms with E-state index in [1.54, 1.807) is 18.4 Å². The number of benzene rings is 1. The molecule has 138 valence electrons. The molecule has 2 atom stereocenters. The summed E-state index contributed by atoms with van der Waals surface area (Å²) < 4.78 is 5.35. The van der Waals surface area contributed by atoms with Crippen molar-refractivity contribution in [1.82, 2.24) is 9.80 Å². The van der Waals surface area contributed by atoms with Crippen LogP contribution in [0.15, 0.2) is 47.1 Å². The van der Waals surface area contributed by atoms with Crippen LogP contribution < -0.4 is 0 Å². The molecule has 4 rings (SSSR count). The standard InChI is InChI=1S/C22H28N2O2/c1-17-7-9-18(10-8-17)20-16-24(22(25)21-6-5-13-26-21)15-19(20)14-23-11-3-2-4-12-23/h5-10,13,19-20H,2-4,11-12,14-16H2,1H3. The molecule has 3 heterocycles. The Morgan fingerprint density at radius 1 is 1.08 bits per heavy atom. The van der Waals surface area contributed by atoms with Crippen LogP contribution in [-0.2, 0) is 0 Å². The third-order valence-corrected chi connectivity index (χ3v) is 5.91. The number of piperidine rings is 1. The molecule has 4 heteroatoms. The summed E-state index contributed by atoms with van der Waals surface area (Å²) in [6.45, 7) is 7.19. The summed E-state index contributed by atoms with van der Waals surface area (Å²) in [5.41, 5.74) is 2.63. The average Bonchev–Trinajstić information content (AvgIpc) is 3.33. The third-order valence-electron chi connectivity index (χ3n) is 5.91. The van der Waals surface area contributed by atoms with Gasteiger partial charge in [0.15, 0.2) is 5.76 Å². The Bertz CT molecular complexity index is 717. The van der Waals surface area contributed by atoms with E-state index < -0.39 is 0 Å². The number of aryl methyl sites for hydroxylation is 1. The van der Waals surface area contributed by atoms with E-state index in [0.717, 1.165) is 19.6 Å². The van der Waals surface area contributed by atoms with Crippen LogP contribution in [0.25, 0.3) is 0 Å². The number of nitrogens with zero attached hydrogens (tertiary/aromatic N) is 2. The van der Waals surface area contributed by atoms with Crippen molar-refractivity contribution in [3.8, 4) is 0 Å². The Morgan fingerprint density at radius 3 is 2.54 bits per heavy atom. The summed E-state index contributed by atoms with van der Waals surface area (Å²) in [7, 11) is 0. The minimum absolute atomic E-state index is 0.0215. The Morgan fingerprint density at radius 2 is 1.85 bits per heavy atom. The molecule has 2 fully saturated rings. The molecule has 0 bridgehead atoms. The van der Waals surface area contributed by atoms with Crippen molar-refractivity contribution in [3.05, 3.63) is 59.5 Å². The second kappa shape index (κ2) is 7.67. The van der Waals surface area contributed by atoms with Crippen LogP contribution in [0.1, 0.15) is 46.9 Å². The molecule has 0 aliphatic carbocycles. The van der Waals surface area contributed by atoms with Crippen molar-refractivity contribution in [3.63, 3.8) is 0 Å². The highest BCUT2D eigenvalue weighted by Gasteiger charge is 2.38. The largest absolute Gasteiger partial charge is 0.459 e. The molecule has 2 aliphatic heterocycles. The summed E-state index contributed by atoms with van der Waals surface area (Å²) in [5, 5.41) is 0. The Hall–Kier alpha value is -2.07. The highest BCUT2D eigenvalue weighted by molar-refractivity contribution is 5.91. The van der Waals surface area contributed by atoms with Gasteiger partial charge in [-0.15, -0.1) is 0 Å². The van der Waals surface area contributed by atoms with Gasteiger partial charge in [0.1, 0.15) is 0 Å². The van der Waals surface area contributed by atoms with Crippen LogP contribution in [0, 0.1) is 12.8 Å². The monoisotopic (exact) mass is 352 g/mol. The van der Waals surface area contributed by atoms with Crippen LogP contribution in [0.5, 0.6) is 0 Å². The molecule has 0 spiro atoms. The van der Waals surface area contributed by atoms with Crippen molar-refractivity contribution in [2.24, 2.45) is 5.92 Å². The highest BCUT2D eigenvalue weighted by atomic mass is 16.3. The summed E-state index contributed by atoms with van der Waals surface area (Å²) in [4.78, 5) is 17.4. The predicted molar refractivity (Wildman–Crippen MR) is 102 cm³/mol. The van der Waals surface area contributed by atoms with E-state index in [9.17, 15) is 4.79 Å². The number of likely N-dealkylation sites (tertiary alicyclic amines) is 2. The first-order valence-corrected chi connectivity index (χ1v) is 9.82. The van der Waals surface area contributed by atoms with E-state index in [4.69, 9.17) is 4.42 Å². The van der Waals surface area contributed by atoms with Crippen molar-refractivity contribution >= 4 is 5.91 Å². The maximum absolute atomic E-state index is 12.8. The van der Waals surface area contributed by atoms with E-state index in [1.807, 2.05) is 4.90 Å². The van der Waals surface area contributed by atoms with Crippen molar-refractivity contribution in [2.75, 3.05) is 32.7 Å². The average molecular weight is 352 g/mol. The molecule has 26 heavy (non-hydrogen) atoms. The molecule has 0 N–H and O–H groups in total. The first-order chi connectivity index (χ1) is 12.7. The quantitative estimate of drug-likeness (QED) is 0.836. The maximum Gasteiger partial charge on any atom is 0.289 e. The van der Waals surface area contributed by atoms with Crippen molar-refractivity contribution in [1.29, 1.82) is 0 Å². The minimum Gasteiger partial charge on any atom is -0.459 e. The van der Waals surface area contributed by atoms with Gasteiger partial charge in [-0.05, 0) is 56.5 Å². The van der Waals surface area contributed by atoms with Gasteiger partial charge in [0.05, 0.1) is 6.26 Å². The highest BCUT2D eigenvalue weighted by Crippen LogP contribution is 2.34. The Balaban J connectivity index is 1.53. The normalized spacial score (nSPS) is 24.1. The molecule has 1 amide bonds. The van der Waals surface area contributed by atoms with E-state index in [-0.39, 0.29) is 5.91 Å². The van der Waals surface area contributed by atoms with Crippen LogP contribution in [-0.4, -0.2) is 48.4 Å². The lowest BCUT2D eigenvalue weighted by Crippen LogP contribution is -2.36. The summed E-state index contributed by atoms with van der Waals surface area (Å²) in [5.74, 6) is 1.35. The van der Waals surface area contributed by atoms with Crippen molar-refractivity contribution in [2.45, 2.75) is 32.1 Å².